The first kappa shape index (κ1) is 23.0. The lowest BCUT2D eigenvalue weighted by molar-refractivity contribution is -0.121. The molecule has 1 rings (SSSR count). The number of nitrogens with one attached hydrogen (secondary N) is 1. The number of amides is 1. The summed E-state index contributed by atoms with van der Waals surface area (Å²) in [5.41, 5.74) is 4.22. The molecular weight excluding hydrogens is 367 g/mol. The van der Waals surface area contributed by atoms with Crippen molar-refractivity contribution in [1.29, 1.82) is 0 Å². The van der Waals surface area contributed by atoms with E-state index in [1.807, 2.05) is 13.0 Å². The fourth-order valence-corrected chi connectivity index (χ4v) is 3.35. The molecule has 0 aliphatic heterocycles. The van der Waals surface area contributed by atoms with Crippen molar-refractivity contribution in [2.24, 2.45) is 5.10 Å². The fraction of sp³-hybridized carbons (Fsp3) is 0.619. The molecule has 5 heteroatoms. The first-order valence-corrected chi connectivity index (χ1v) is 10.6. The lowest BCUT2D eigenvalue weighted by Crippen LogP contribution is -2.19. The van der Waals surface area contributed by atoms with Gasteiger partial charge in [0.15, 0.2) is 0 Å². The quantitative estimate of drug-likeness (QED) is 0.214. The van der Waals surface area contributed by atoms with Crippen LogP contribution >= 0.6 is 23.2 Å². The summed E-state index contributed by atoms with van der Waals surface area (Å²) in [5.74, 6) is -0.0380. The molecular formula is C21H32Cl2N2O. The van der Waals surface area contributed by atoms with Crippen molar-refractivity contribution < 1.29 is 4.79 Å². The van der Waals surface area contributed by atoms with Gasteiger partial charge in [-0.25, -0.2) is 5.43 Å². The second-order valence-corrected chi connectivity index (χ2v) is 7.49. The number of hydrogen-bond donors (Lipinski definition) is 1. The summed E-state index contributed by atoms with van der Waals surface area (Å²) in [7, 11) is 0. The maximum absolute atomic E-state index is 12.0. The van der Waals surface area contributed by atoms with Crippen LogP contribution in [0.5, 0.6) is 0 Å². The Balaban J connectivity index is 2.26. The number of rotatable bonds is 13. The van der Waals surface area contributed by atoms with E-state index in [9.17, 15) is 4.79 Å². The second-order valence-electron chi connectivity index (χ2n) is 6.65. The van der Waals surface area contributed by atoms with E-state index in [2.05, 4.69) is 17.5 Å². The average Bonchev–Trinajstić information content (AvgIpc) is 2.62. The zero-order chi connectivity index (χ0) is 19.2. The van der Waals surface area contributed by atoms with Crippen LogP contribution in [-0.4, -0.2) is 11.6 Å². The summed E-state index contributed by atoms with van der Waals surface area (Å²) >= 11 is 12.1. The molecule has 1 N–H and O–H groups in total. The Morgan fingerprint density at radius 1 is 0.962 bits per heavy atom. The third-order valence-corrected chi connectivity index (χ3v) is 4.95. The van der Waals surface area contributed by atoms with Gasteiger partial charge in [0.1, 0.15) is 0 Å². The predicted octanol–water partition coefficient (Wildman–Crippen LogP) is 7.14. The molecule has 0 spiro atoms. The third kappa shape index (κ3) is 9.59. The molecule has 26 heavy (non-hydrogen) atoms. The van der Waals surface area contributed by atoms with Gasteiger partial charge in [0.05, 0.1) is 10.7 Å². The number of hydrogen-bond acceptors (Lipinski definition) is 2. The number of nitrogens with zero attached hydrogens (tertiary/aromatic N) is 1. The van der Waals surface area contributed by atoms with Crippen molar-refractivity contribution in [2.75, 3.05) is 0 Å². The predicted molar refractivity (Wildman–Crippen MR) is 113 cm³/mol. The molecule has 0 aliphatic rings. The number of hydrazone groups is 1. The molecule has 3 nitrogen and oxygen atoms in total. The number of unbranched alkanes of at least 4 members (excludes halogenated alkanes) is 8. The van der Waals surface area contributed by atoms with Crippen LogP contribution in [0.15, 0.2) is 23.3 Å². The summed E-state index contributed by atoms with van der Waals surface area (Å²) in [6.07, 6.45) is 12.4. The first-order valence-electron chi connectivity index (χ1n) is 9.89. The number of carbonyl (C=O) groups is 1. The highest BCUT2D eigenvalue weighted by Gasteiger charge is 2.08. The van der Waals surface area contributed by atoms with E-state index in [0.29, 0.717) is 22.9 Å². The van der Waals surface area contributed by atoms with Crippen LogP contribution in [0.2, 0.25) is 10.0 Å². The molecule has 0 radical (unpaired) electrons. The molecule has 0 heterocycles. The lowest BCUT2D eigenvalue weighted by atomic mass is 10.1. The Hall–Kier alpha value is -1.06. The summed E-state index contributed by atoms with van der Waals surface area (Å²) in [5, 5.41) is 5.38. The van der Waals surface area contributed by atoms with Crippen LogP contribution in [-0.2, 0) is 4.79 Å². The molecule has 0 aromatic heterocycles. The zero-order valence-electron chi connectivity index (χ0n) is 16.1. The second kappa shape index (κ2) is 14.1. The summed E-state index contributed by atoms with van der Waals surface area (Å²) in [6.45, 7) is 4.22. The molecule has 146 valence electrons. The van der Waals surface area contributed by atoms with Gasteiger partial charge >= 0.3 is 0 Å². The maximum Gasteiger partial charge on any atom is 0.240 e. The van der Waals surface area contributed by atoms with Gasteiger partial charge in [-0.3, -0.25) is 4.79 Å². The van der Waals surface area contributed by atoms with Crippen LogP contribution < -0.4 is 5.43 Å². The van der Waals surface area contributed by atoms with E-state index < -0.39 is 0 Å². The molecule has 0 aliphatic carbocycles. The summed E-state index contributed by atoms with van der Waals surface area (Å²) in [4.78, 5) is 12.0. The minimum Gasteiger partial charge on any atom is -0.273 e. The van der Waals surface area contributed by atoms with Crippen LogP contribution in [0.1, 0.15) is 90.0 Å². The van der Waals surface area contributed by atoms with Crippen LogP contribution in [0, 0.1) is 0 Å². The normalized spacial score (nSPS) is 11.6. The van der Waals surface area contributed by atoms with Crippen molar-refractivity contribution in [1.82, 2.24) is 5.43 Å². The van der Waals surface area contributed by atoms with Crippen LogP contribution in [0.4, 0.5) is 0 Å². The topological polar surface area (TPSA) is 41.5 Å². The smallest absolute Gasteiger partial charge is 0.240 e. The standard InChI is InChI=1S/C21H32Cl2N2O/c1-3-5-6-7-8-9-10-11-12-13-21(26)25-24-20(4-2)18-15-14-17(22)16-19(18)23/h14-16H,3-13H2,1-2H3,(H,25,26). The fourth-order valence-electron chi connectivity index (χ4n) is 2.84. The number of carbonyl (C=O) groups excluding carboxylic acids is 1. The van der Waals surface area contributed by atoms with Gasteiger partial charge < -0.3 is 0 Å². The Morgan fingerprint density at radius 3 is 2.15 bits per heavy atom. The van der Waals surface area contributed by atoms with Crippen molar-refractivity contribution in [3.8, 4) is 0 Å². The van der Waals surface area contributed by atoms with E-state index in [1.54, 1.807) is 12.1 Å². The van der Waals surface area contributed by atoms with Gasteiger partial charge in [-0.2, -0.15) is 5.10 Å². The van der Waals surface area contributed by atoms with Gasteiger partial charge in [-0.05, 0) is 25.0 Å². The number of benzene rings is 1. The maximum atomic E-state index is 12.0. The van der Waals surface area contributed by atoms with Gasteiger partial charge in [-0.15, -0.1) is 0 Å². The molecule has 0 saturated carbocycles. The Labute approximate surface area is 168 Å². The highest BCUT2D eigenvalue weighted by molar-refractivity contribution is 6.37. The highest BCUT2D eigenvalue weighted by Crippen LogP contribution is 2.22. The number of halogens is 2. The average molecular weight is 399 g/mol. The molecule has 1 aromatic rings. The zero-order valence-corrected chi connectivity index (χ0v) is 17.6. The van der Waals surface area contributed by atoms with Crippen molar-refractivity contribution >= 4 is 34.8 Å². The molecule has 0 saturated heterocycles. The van der Waals surface area contributed by atoms with Gasteiger partial charge in [-0.1, -0.05) is 94.5 Å². The summed E-state index contributed by atoms with van der Waals surface area (Å²) < 4.78 is 0. The van der Waals surface area contributed by atoms with E-state index >= 15 is 0 Å². The van der Waals surface area contributed by atoms with Gasteiger partial charge in [0.2, 0.25) is 5.91 Å². The van der Waals surface area contributed by atoms with E-state index in [1.165, 1.54) is 44.9 Å². The van der Waals surface area contributed by atoms with E-state index in [0.717, 1.165) is 24.1 Å². The Morgan fingerprint density at radius 2 is 1.58 bits per heavy atom. The van der Waals surface area contributed by atoms with E-state index in [4.69, 9.17) is 23.2 Å². The molecule has 0 fully saturated rings. The molecule has 0 atom stereocenters. The Kier molecular flexibility index (Phi) is 12.4. The summed E-state index contributed by atoms with van der Waals surface area (Å²) in [6, 6.07) is 5.30. The largest absolute Gasteiger partial charge is 0.273 e. The van der Waals surface area contributed by atoms with Crippen molar-refractivity contribution in [3.05, 3.63) is 33.8 Å². The van der Waals surface area contributed by atoms with Crippen LogP contribution in [0.25, 0.3) is 0 Å². The molecule has 1 aromatic carbocycles. The molecule has 1 amide bonds. The van der Waals surface area contributed by atoms with Gasteiger partial charge in [0, 0.05) is 17.0 Å². The van der Waals surface area contributed by atoms with Crippen molar-refractivity contribution in [3.63, 3.8) is 0 Å². The first-order chi connectivity index (χ1) is 12.6. The lowest BCUT2D eigenvalue weighted by Gasteiger charge is -2.08. The van der Waals surface area contributed by atoms with Gasteiger partial charge in [0.25, 0.3) is 0 Å². The van der Waals surface area contributed by atoms with Crippen molar-refractivity contribution in [2.45, 2.75) is 84.5 Å². The minimum absolute atomic E-state index is 0.0380. The SMILES string of the molecule is CCCCCCCCCCCC(=O)NN=C(CC)c1ccc(Cl)cc1Cl. The minimum atomic E-state index is -0.0380. The monoisotopic (exact) mass is 398 g/mol. The highest BCUT2D eigenvalue weighted by atomic mass is 35.5. The van der Waals surface area contributed by atoms with E-state index in [-0.39, 0.29) is 5.91 Å². The molecule has 0 bridgehead atoms. The third-order valence-electron chi connectivity index (χ3n) is 4.40. The van der Waals surface area contributed by atoms with Crippen LogP contribution in [0.3, 0.4) is 0 Å². The molecule has 0 unspecified atom stereocenters. The Bertz CT molecular complexity index is 573.